The van der Waals surface area contributed by atoms with E-state index in [2.05, 4.69) is 5.32 Å². The van der Waals surface area contributed by atoms with Gasteiger partial charge in [0.15, 0.2) is 0 Å². The average molecular weight is 293 g/mol. The average Bonchev–Trinajstić information content (AvgIpc) is 2.92. The van der Waals surface area contributed by atoms with Crippen LogP contribution in [0.1, 0.15) is 24.0 Å². The number of nitriles is 1. The highest BCUT2D eigenvalue weighted by Gasteiger charge is 2.24. The topological polar surface area (TPSA) is 73.2 Å². The smallest absolute Gasteiger partial charge is 0.218 e. The first-order valence-electron chi connectivity index (χ1n) is 6.68. The molecule has 0 aliphatic carbocycles. The number of benzene rings is 1. The highest BCUT2D eigenvalue weighted by molar-refractivity contribution is 7.88. The van der Waals surface area contributed by atoms with Gasteiger partial charge in [-0.1, -0.05) is 18.2 Å². The lowest BCUT2D eigenvalue weighted by Crippen LogP contribution is -2.39. The minimum atomic E-state index is -3.39. The molecule has 1 unspecified atom stereocenters. The first kappa shape index (κ1) is 15.0. The molecule has 0 bridgehead atoms. The fourth-order valence-corrected chi connectivity index (χ4v) is 3.67. The van der Waals surface area contributed by atoms with Crippen molar-refractivity contribution in [2.24, 2.45) is 0 Å². The molecule has 1 aromatic carbocycles. The van der Waals surface area contributed by atoms with Gasteiger partial charge in [-0.15, -0.1) is 0 Å². The van der Waals surface area contributed by atoms with Gasteiger partial charge in [0.05, 0.1) is 17.4 Å². The standard InChI is InChI=1S/C14H19N3O2S/c1-17(10-14-7-4-8-16-14)20(18,19)11-13-6-3-2-5-12(13)9-15/h2-3,5-6,14,16H,4,7-8,10-11H2,1H3. The molecule has 6 heteroatoms. The summed E-state index contributed by atoms with van der Waals surface area (Å²) in [4.78, 5) is 0. The van der Waals surface area contributed by atoms with Crippen molar-refractivity contribution in [3.05, 3.63) is 35.4 Å². The number of rotatable bonds is 5. The molecule has 0 aromatic heterocycles. The maximum absolute atomic E-state index is 12.3. The monoisotopic (exact) mass is 293 g/mol. The van der Waals surface area contributed by atoms with Crippen LogP contribution in [0.25, 0.3) is 0 Å². The van der Waals surface area contributed by atoms with Crippen molar-refractivity contribution in [1.82, 2.24) is 9.62 Å². The molecule has 0 spiro atoms. The zero-order valence-electron chi connectivity index (χ0n) is 11.5. The molecule has 108 valence electrons. The molecule has 1 saturated heterocycles. The maximum atomic E-state index is 12.3. The molecule has 1 aliphatic heterocycles. The summed E-state index contributed by atoms with van der Waals surface area (Å²) in [5.41, 5.74) is 0.977. The van der Waals surface area contributed by atoms with E-state index in [0.717, 1.165) is 19.4 Å². The lowest BCUT2D eigenvalue weighted by Gasteiger charge is -2.21. The zero-order valence-corrected chi connectivity index (χ0v) is 12.4. The van der Waals surface area contributed by atoms with E-state index >= 15 is 0 Å². The van der Waals surface area contributed by atoms with Gasteiger partial charge < -0.3 is 5.32 Å². The number of hydrogen-bond acceptors (Lipinski definition) is 4. The molecule has 1 fully saturated rings. The van der Waals surface area contributed by atoms with Crippen molar-refractivity contribution in [1.29, 1.82) is 5.26 Å². The van der Waals surface area contributed by atoms with Crippen LogP contribution in [-0.4, -0.2) is 38.9 Å². The van der Waals surface area contributed by atoms with Crippen LogP contribution in [0.4, 0.5) is 0 Å². The second kappa shape index (κ2) is 6.35. The van der Waals surface area contributed by atoms with Gasteiger partial charge in [-0.25, -0.2) is 12.7 Å². The van der Waals surface area contributed by atoms with Crippen LogP contribution >= 0.6 is 0 Å². The lowest BCUT2D eigenvalue weighted by molar-refractivity contribution is 0.417. The molecule has 20 heavy (non-hydrogen) atoms. The number of nitrogens with zero attached hydrogens (tertiary/aromatic N) is 2. The van der Waals surface area contributed by atoms with Gasteiger partial charge in [0.25, 0.3) is 0 Å². The van der Waals surface area contributed by atoms with Crippen molar-refractivity contribution < 1.29 is 8.42 Å². The SMILES string of the molecule is CN(CC1CCCN1)S(=O)(=O)Cc1ccccc1C#N. The van der Waals surface area contributed by atoms with E-state index in [-0.39, 0.29) is 11.8 Å². The molecule has 0 saturated carbocycles. The van der Waals surface area contributed by atoms with Crippen LogP contribution in [0.15, 0.2) is 24.3 Å². The minimum absolute atomic E-state index is 0.125. The third-order valence-electron chi connectivity index (χ3n) is 3.59. The summed E-state index contributed by atoms with van der Waals surface area (Å²) < 4.78 is 26.1. The van der Waals surface area contributed by atoms with Crippen LogP contribution in [0.2, 0.25) is 0 Å². The van der Waals surface area contributed by atoms with Crippen molar-refractivity contribution in [3.8, 4) is 6.07 Å². The molecule has 1 aromatic rings. The summed E-state index contributed by atoms with van der Waals surface area (Å²) >= 11 is 0. The Kier molecular flexibility index (Phi) is 4.76. The van der Waals surface area contributed by atoms with Gasteiger partial charge in [-0.3, -0.25) is 0 Å². The van der Waals surface area contributed by atoms with Crippen LogP contribution in [0.5, 0.6) is 0 Å². The summed E-state index contributed by atoms with van der Waals surface area (Å²) in [6, 6.07) is 9.10. The van der Waals surface area contributed by atoms with Crippen molar-refractivity contribution in [2.45, 2.75) is 24.6 Å². The van der Waals surface area contributed by atoms with Crippen molar-refractivity contribution in [3.63, 3.8) is 0 Å². The normalized spacial score (nSPS) is 19.1. The van der Waals surface area contributed by atoms with Crippen LogP contribution < -0.4 is 5.32 Å². The van der Waals surface area contributed by atoms with E-state index in [0.29, 0.717) is 17.7 Å². The molecule has 1 atom stereocenters. The Morgan fingerprint density at radius 2 is 2.20 bits per heavy atom. The molecule has 1 heterocycles. The Hall–Kier alpha value is -1.42. The van der Waals surface area contributed by atoms with E-state index in [1.54, 1.807) is 31.3 Å². The van der Waals surface area contributed by atoms with E-state index in [1.807, 2.05) is 6.07 Å². The zero-order chi connectivity index (χ0) is 14.6. The highest BCUT2D eigenvalue weighted by atomic mass is 32.2. The number of nitrogens with one attached hydrogen (secondary N) is 1. The maximum Gasteiger partial charge on any atom is 0.218 e. The Morgan fingerprint density at radius 1 is 1.45 bits per heavy atom. The molecule has 2 rings (SSSR count). The Balaban J connectivity index is 2.08. The third-order valence-corrected chi connectivity index (χ3v) is 5.37. The quantitative estimate of drug-likeness (QED) is 0.881. The molecule has 0 amide bonds. The largest absolute Gasteiger partial charge is 0.313 e. The number of likely N-dealkylation sites (N-methyl/N-ethyl adjacent to an activating group) is 1. The van der Waals surface area contributed by atoms with E-state index in [9.17, 15) is 8.42 Å². The number of sulfonamides is 1. The van der Waals surface area contributed by atoms with Gasteiger partial charge >= 0.3 is 0 Å². The highest BCUT2D eigenvalue weighted by Crippen LogP contribution is 2.15. The molecule has 5 nitrogen and oxygen atoms in total. The van der Waals surface area contributed by atoms with Crippen molar-refractivity contribution >= 4 is 10.0 Å². The van der Waals surface area contributed by atoms with E-state index in [1.165, 1.54) is 4.31 Å². The second-order valence-electron chi connectivity index (χ2n) is 5.10. The van der Waals surface area contributed by atoms with Gasteiger partial charge in [0.1, 0.15) is 0 Å². The summed E-state index contributed by atoms with van der Waals surface area (Å²) in [5, 5.41) is 12.3. The molecular formula is C14H19N3O2S. The third kappa shape index (κ3) is 3.57. The molecule has 1 aliphatic rings. The van der Waals surface area contributed by atoms with Crippen LogP contribution in [0.3, 0.4) is 0 Å². The Morgan fingerprint density at radius 3 is 2.85 bits per heavy atom. The molecular weight excluding hydrogens is 274 g/mol. The van der Waals surface area contributed by atoms with Crippen LogP contribution in [-0.2, 0) is 15.8 Å². The van der Waals surface area contributed by atoms with Gasteiger partial charge in [0, 0.05) is 19.6 Å². The number of hydrogen-bond donors (Lipinski definition) is 1. The summed E-state index contributed by atoms with van der Waals surface area (Å²) in [7, 11) is -1.79. The van der Waals surface area contributed by atoms with Crippen LogP contribution in [0, 0.1) is 11.3 Å². The fourth-order valence-electron chi connectivity index (χ4n) is 2.40. The first-order chi connectivity index (χ1) is 9.53. The first-order valence-corrected chi connectivity index (χ1v) is 8.29. The molecule has 0 radical (unpaired) electrons. The summed E-state index contributed by atoms with van der Waals surface area (Å²) in [5.74, 6) is -0.125. The predicted molar refractivity (Wildman–Crippen MR) is 77.4 cm³/mol. The second-order valence-corrected chi connectivity index (χ2v) is 7.17. The van der Waals surface area contributed by atoms with Gasteiger partial charge in [-0.2, -0.15) is 5.26 Å². The van der Waals surface area contributed by atoms with Gasteiger partial charge in [-0.05, 0) is 31.0 Å². The lowest BCUT2D eigenvalue weighted by atomic mass is 10.1. The van der Waals surface area contributed by atoms with E-state index in [4.69, 9.17) is 5.26 Å². The Bertz CT molecular complexity index is 601. The molecule has 1 N–H and O–H groups in total. The summed E-state index contributed by atoms with van der Waals surface area (Å²) in [6.07, 6.45) is 2.10. The minimum Gasteiger partial charge on any atom is -0.313 e. The Labute approximate surface area is 120 Å². The predicted octanol–water partition coefficient (Wildman–Crippen LogP) is 1.07. The van der Waals surface area contributed by atoms with E-state index < -0.39 is 10.0 Å². The summed E-state index contributed by atoms with van der Waals surface area (Å²) in [6.45, 7) is 1.44. The fraction of sp³-hybridized carbons (Fsp3) is 0.500. The van der Waals surface area contributed by atoms with Crippen molar-refractivity contribution in [2.75, 3.05) is 20.1 Å². The van der Waals surface area contributed by atoms with Gasteiger partial charge in [0.2, 0.25) is 10.0 Å².